The van der Waals surface area contributed by atoms with Crippen LogP contribution < -0.4 is 5.32 Å². The first kappa shape index (κ1) is 20.5. The summed E-state index contributed by atoms with van der Waals surface area (Å²) < 4.78 is 29.6. The number of amides is 1. The molecule has 5 rings (SSSR count). The number of nitrogens with zero attached hydrogens (tertiary/aromatic N) is 6. The van der Waals surface area contributed by atoms with E-state index in [4.69, 9.17) is 0 Å². The highest BCUT2D eigenvalue weighted by Gasteiger charge is 2.47. The monoisotopic (exact) mass is 451 g/mol. The van der Waals surface area contributed by atoms with E-state index in [-0.39, 0.29) is 40.6 Å². The summed E-state index contributed by atoms with van der Waals surface area (Å²) >= 11 is 0. The Hall–Kier alpha value is -4.35. The van der Waals surface area contributed by atoms with E-state index in [0.29, 0.717) is 5.56 Å². The second kappa shape index (κ2) is 7.36. The summed E-state index contributed by atoms with van der Waals surface area (Å²) in [5, 5.41) is 24.5. The van der Waals surface area contributed by atoms with E-state index in [0.717, 1.165) is 6.20 Å². The molecule has 0 fully saturated rings. The molecular formula is C21H15F2N7O3. The molecule has 2 N–H and O–H groups in total. The maximum absolute atomic E-state index is 14.2. The maximum atomic E-state index is 14.2. The molecule has 0 saturated heterocycles. The standard InChI is InChI=1S/C21H15F2N7O3/c1-21(7-14(31)32)16-18(26-20(21)33)25-17(28-27-16)15-12-6-11(22)8-24-19(12)30(29-15)9-10-4-2-3-5-13(10)23/h2-6,8H,7,9H2,1H3,(H,31,32)(H,25,26,28,33). The van der Waals surface area contributed by atoms with Crippen molar-refractivity contribution in [2.24, 2.45) is 0 Å². The molecule has 0 saturated carbocycles. The van der Waals surface area contributed by atoms with Gasteiger partial charge in [0.1, 0.15) is 28.4 Å². The highest BCUT2D eigenvalue weighted by molar-refractivity contribution is 6.06. The predicted molar refractivity (Wildman–Crippen MR) is 110 cm³/mol. The van der Waals surface area contributed by atoms with Crippen molar-refractivity contribution >= 4 is 28.7 Å². The maximum Gasteiger partial charge on any atom is 0.304 e. The molecule has 0 bridgehead atoms. The van der Waals surface area contributed by atoms with Gasteiger partial charge in [-0.25, -0.2) is 23.4 Å². The van der Waals surface area contributed by atoms with Crippen LogP contribution in [0.3, 0.4) is 0 Å². The molecule has 1 aliphatic rings. The highest BCUT2D eigenvalue weighted by atomic mass is 19.1. The number of halogens is 2. The summed E-state index contributed by atoms with van der Waals surface area (Å²) in [5.41, 5.74) is -0.579. The summed E-state index contributed by atoms with van der Waals surface area (Å²) in [6, 6.07) is 7.36. The van der Waals surface area contributed by atoms with Crippen LogP contribution in [0.2, 0.25) is 0 Å². The Kier molecular flexibility index (Phi) is 4.58. The van der Waals surface area contributed by atoms with Crippen molar-refractivity contribution in [2.75, 3.05) is 5.32 Å². The Bertz CT molecular complexity index is 1460. The van der Waals surface area contributed by atoms with Gasteiger partial charge in [0.25, 0.3) is 0 Å². The van der Waals surface area contributed by atoms with Gasteiger partial charge >= 0.3 is 5.97 Å². The Labute approximate surface area is 184 Å². The van der Waals surface area contributed by atoms with Crippen LogP contribution in [0.1, 0.15) is 24.6 Å². The van der Waals surface area contributed by atoms with Crippen LogP contribution in [0.25, 0.3) is 22.6 Å². The van der Waals surface area contributed by atoms with Crippen LogP contribution >= 0.6 is 0 Å². The fourth-order valence-corrected chi connectivity index (χ4v) is 3.80. The van der Waals surface area contributed by atoms with Crippen molar-refractivity contribution < 1.29 is 23.5 Å². The first-order chi connectivity index (χ1) is 15.8. The Morgan fingerprint density at radius 2 is 2.03 bits per heavy atom. The lowest BCUT2D eigenvalue weighted by Crippen LogP contribution is -2.34. The molecule has 4 aromatic rings. The number of carbonyl (C=O) groups is 2. The summed E-state index contributed by atoms with van der Waals surface area (Å²) in [6.07, 6.45) is 0.530. The molecule has 10 nitrogen and oxygen atoms in total. The number of anilines is 1. The number of aromatic nitrogens is 6. The van der Waals surface area contributed by atoms with Crippen molar-refractivity contribution in [1.82, 2.24) is 29.9 Å². The molecule has 3 aromatic heterocycles. The van der Waals surface area contributed by atoms with Gasteiger partial charge in [-0.05, 0) is 19.1 Å². The lowest BCUT2D eigenvalue weighted by Gasteiger charge is -2.17. The third-order valence-electron chi connectivity index (χ3n) is 5.49. The second-order valence-electron chi connectivity index (χ2n) is 7.81. The molecule has 1 unspecified atom stereocenters. The summed E-state index contributed by atoms with van der Waals surface area (Å²) in [6.45, 7) is 1.46. The van der Waals surface area contributed by atoms with Gasteiger partial charge in [0.2, 0.25) is 11.7 Å². The van der Waals surface area contributed by atoms with Crippen LogP contribution in [-0.2, 0) is 21.5 Å². The number of carboxylic acid groups (broad SMARTS) is 1. The first-order valence-electron chi connectivity index (χ1n) is 9.80. The number of hydrogen-bond donors (Lipinski definition) is 2. The summed E-state index contributed by atoms with van der Waals surface area (Å²) in [4.78, 5) is 32.0. The number of pyridine rings is 1. The molecule has 4 heterocycles. The zero-order valence-corrected chi connectivity index (χ0v) is 17.1. The second-order valence-corrected chi connectivity index (χ2v) is 7.81. The third kappa shape index (κ3) is 3.35. The zero-order chi connectivity index (χ0) is 23.3. The zero-order valence-electron chi connectivity index (χ0n) is 17.1. The van der Waals surface area contributed by atoms with Gasteiger partial charge < -0.3 is 10.4 Å². The van der Waals surface area contributed by atoms with Crippen molar-refractivity contribution in [3.05, 3.63) is 59.4 Å². The molecular weight excluding hydrogens is 436 g/mol. The molecule has 12 heteroatoms. The molecule has 0 aliphatic carbocycles. The van der Waals surface area contributed by atoms with Crippen LogP contribution in [0, 0.1) is 11.6 Å². The Morgan fingerprint density at radius 1 is 1.24 bits per heavy atom. The molecule has 1 aromatic carbocycles. The van der Waals surface area contributed by atoms with E-state index >= 15 is 0 Å². The van der Waals surface area contributed by atoms with Crippen molar-refractivity contribution in [2.45, 2.75) is 25.3 Å². The Morgan fingerprint density at radius 3 is 2.79 bits per heavy atom. The predicted octanol–water partition coefficient (Wildman–Crippen LogP) is 2.29. The van der Waals surface area contributed by atoms with Crippen molar-refractivity contribution in [3.8, 4) is 11.5 Å². The minimum atomic E-state index is -1.43. The average molecular weight is 451 g/mol. The van der Waals surface area contributed by atoms with Gasteiger partial charge in [-0.1, -0.05) is 18.2 Å². The van der Waals surface area contributed by atoms with E-state index in [1.165, 1.54) is 23.7 Å². The fourth-order valence-electron chi connectivity index (χ4n) is 3.80. The van der Waals surface area contributed by atoms with E-state index < -0.39 is 35.3 Å². The van der Waals surface area contributed by atoms with Crippen LogP contribution in [0.4, 0.5) is 14.6 Å². The number of aliphatic carboxylic acids is 1. The van der Waals surface area contributed by atoms with Gasteiger partial charge in [0.05, 0.1) is 24.5 Å². The number of benzene rings is 1. The number of nitrogens with one attached hydrogen (secondary N) is 1. The quantitative estimate of drug-likeness (QED) is 0.472. The normalized spacial score (nSPS) is 17.2. The molecule has 33 heavy (non-hydrogen) atoms. The van der Waals surface area contributed by atoms with Crippen LogP contribution in [0.5, 0.6) is 0 Å². The largest absolute Gasteiger partial charge is 0.481 e. The lowest BCUT2D eigenvalue weighted by molar-refractivity contribution is -0.140. The Balaban J connectivity index is 1.62. The topological polar surface area (TPSA) is 136 Å². The first-order valence-corrected chi connectivity index (χ1v) is 9.80. The number of carboxylic acids is 1. The van der Waals surface area contributed by atoms with Gasteiger partial charge in [-0.15, -0.1) is 10.2 Å². The lowest BCUT2D eigenvalue weighted by atomic mass is 9.85. The number of fused-ring (bicyclic) bond motifs is 2. The van der Waals surface area contributed by atoms with Crippen molar-refractivity contribution in [1.29, 1.82) is 0 Å². The van der Waals surface area contributed by atoms with E-state index in [1.807, 2.05) is 0 Å². The molecule has 166 valence electrons. The van der Waals surface area contributed by atoms with Crippen molar-refractivity contribution in [3.63, 3.8) is 0 Å². The summed E-state index contributed by atoms with van der Waals surface area (Å²) in [7, 11) is 0. The minimum Gasteiger partial charge on any atom is -0.481 e. The van der Waals surface area contributed by atoms with Gasteiger partial charge in [-0.2, -0.15) is 5.10 Å². The van der Waals surface area contributed by atoms with Gasteiger partial charge in [-0.3, -0.25) is 9.59 Å². The van der Waals surface area contributed by atoms with Gasteiger partial charge in [0.15, 0.2) is 11.5 Å². The number of carbonyl (C=O) groups excluding carboxylic acids is 1. The minimum absolute atomic E-state index is 0.0214. The van der Waals surface area contributed by atoms with Gasteiger partial charge in [0, 0.05) is 5.56 Å². The third-order valence-corrected chi connectivity index (χ3v) is 5.49. The molecule has 1 amide bonds. The van der Waals surface area contributed by atoms with Crippen LogP contribution in [0.15, 0.2) is 36.5 Å². The smallest absolute Gasteiger partial charge is 0.304 e. The van der Waals surface area contributed by atoms with E-state index in [1.54, 1.807) is 18.2 Å². The fraction of sp³-hybridized carbons (Fsp3) is 0.190. The average Bonchev–Trinajstić information content (AvgIpc) is 3.23. The van der Waals surface area contributed by atoms with E-state index in [2.05, 4.69) is 30.6 Å². The highest BCUT2D eigenvalue weighted by Crippen LogP contribution is 2.38. The SMILES string of the molecule is CC1(CC(=O)O)C(=O)Nc2nc(-c3nn(Cc4ccccc4F)c4ncc(F)cc34)nnc21. The van der Waals surface area contributed by atoms with Crippen LogP contribution in [-0.4, -0.2) is 46.9 Å². The molecule has 0 spiro atoms. The molecule has 0 radical (unpaired) electrons. The number of rotatable bonds is 5. The molecule has 1 aliphatic heterocycles. The number of hydrogen-bond acceptors (Lipinski definition) is 7. The summed E-state index contributed by atoms with van der Waals surface area (Å²) in [5.74, 6) is -2.77. The van der Waals surface area contributed by atoms with E-state index in [9.17, 15) is 23.5 Å². The molecule has 1 atom stereocenters.